The SMILES string of the molecule is O=C(Nc1ccc(Oc2ccc(-n3ccnc3)nn2)cc1)C1CCOC1. The highest BCUT2D eigenvalue weighted by molar-refractivity contribution is 5.92. The van der Waals surface area contributed by atoms with Gasteiger partial charge < -0.3 is 14.8 Å². The Morgan fingerprint density at radius 2 is 2.08 bits per heavy atom. The number of nitrogens with one attached hydrogen (secondary N) is 1. The molecule has 26 heavy (non-hydrogen) atoms. The van der Waals surface area contributed by atoms with Crippen molar-refractivity contribution in [2.45, 2.75) is 6.42 Å². The van der Waals surface area contributed by atoms with E-state index in [0.717, 1.165) is 12.1 Å². The third-order valence-electron chi connectivity index (χ3n) is 4.04. The van der Waals surface area contributed by atoms with Gasteiger partial charge in [0.25, 0.3) is 0 Å². The van der Waals surface area contributed by atoms with E-state index >= 15 is 0 Å². The molecule has 1 aliphatic heterocycles. The minimum absolute atomic E-state index is 0.0166. The fraction of sp³-hybridized carbons (Fsp3) is 0.222. The summed E-state index contributed by atoms with van der Waals surface area (Å²) in [6, 6.07) is 10.6. The van der Waals surface area contributed by atoms with Gasteiger partial charge in [-0.3, -0.25) is 9.36 Å². The average molecular weight is 351 g/mol. The summed E-state index contributed by atoms with van der Waals surface area (Å²) in [5, 5.41) is 11.0. The van der Waals surface area contributed by atoms with E-state index in [9.17, 15) is 4.79 Å². The quantitative estimate of drug-likeness (QED) is 0.759. The number of nitrogens with zero attached hydrogens (tertiary/aromatic N) is 4. The van der Waals surface area contributed by atoms with Crippen LogP contribution >= 0.6 is 0 Å². The van der Waals surface area contributed by atoms with E-state index in [1.165, 1.54) is 0 Å². The van der Waals surface area contributed by atoms with Gasteiger partial charge in [-0.1, -0.05) is 0 Å². The normalized spacial score (nSPS) is 16.4. The molecule has 1 fully saturated rings. The molecule has 0 saturated carbocycles. The molecule has 1 N–H and O–H groups in total. The molecule has 0 spiro atoms. The number of rotatable bonds is 5. The summed E-state index contributed by atoms with van der Waals surface area (Å²) in [4.78, 5) is 16.0. The number of carbonyl (C=O) groups excluding carboxylic acids is 1. The van der Waals surface area contributed by atoms with Gasteiger partial charge in [-0.15, -0.1) is 10.2 Å². The molecule has 2 aromatic heterocycles. The lowest BCUT2D eigenvalue weighted by molar-refractivity contribution is -0.119. The molecule has 1 saturated heterocycles. The number of aromatic nitrogens is 4. The Hall–Kier alpha value is -3.26. The Bertz CT molecular complexity index is 857. The number of benzene rings is 1. The first-order valence-corrected chi connectivity index (χ1v) is 8.26. The molecule has 8 heteroatoms. The molecule has 4 rings (SSSR count). The zero-order valence-electron chi connectivity index (χ0n) is 13.9. The van der Waals surface area contributed by atoms with Crippen molar-refractivity contribution >= 4 is 11.6 Å². The van der Waals surface area contributed by atoms with Crippen molar-refractivity contribution in [1.29, 1.82) is 0 Å². The van der Waals surface area contributed by atoms with E-state index < -0.39 is 0 Å². The Labute approximate surface area is 149 Å². The van der Waals surface area contributed by atoms with Crippen LogP contribution in [0.3, 0.4) is 0 Å². The van der Waals surface area contributed by atoms with Crippen molar-refractivity contribution in [2.24, 2.45) is 5.92 Å². The van der Waals surface area contributed by atoms with Crippen LogP contribution in [0.25, 0.3) is 5.82 Å². The number of hydrogen-bond acceptors (Lipinski definition) is 6. The Morgan fingerprint density at radius 3 is 2.73 bits per heavy atom. The maximum atomic E-state index is 12.1. The fourth-order valence-electron chi connectivity index (χ4n) is 2.61. The lowest BCUT2D eigenvalue weighted by Gasteiger charge is -2.10. The number of hydrogen-bond donors (Lipinski definition) is 1. The number of ether oxygens (including phenoxy) is 2. The lowest BCUT2D eigenvalue weighted by Crippen LogP contribution is -2.22. The molecule has 1 atom stereocenters. The summed E-state index contributed by atoms with van der Waals surface area (Å²) in [7, 11) is 0. The third-order valence-corrected chi connectivity index (χ3v) is 4.04. The average Bonchev–Trinajstić information content (AvgIpc) is 3.38. The van der Waals surface area contributed by atoms with Crippen molar-refractivity contribution in [3.8, 4) is 17.4 Å². The number of imidazole rings is 1. The Balaban J connectivity index is 1.37. The predicted octanol–water partition coefficient (Wildman–Crippen LogP) is 2.43. The first kappa shape index (κ1) is 16.2. The van der Waals surface area contributed by atoms with Gasteiger partial charge in [0.05, 0.1) is 12.5 Å². The molecule has 3 heterocycles. The van der Waals surface area contributed by atoms with Crippen molar-refractivity contribution < 1.29 is 14.3 Å². The van der Waals surface area contributed by atoms with E-state index in [1.807, 2.05) is 0 Å². The highest BCUT2D eigenvalue weighted by atomic mass is 16.5. The van der Waals surface area contributed by atoms with Crippen LogP contribution in [0.1, 0.15) is 6.42 Å². The summed E-state index contributed by atoms with van der Waals surface area (Å²) in [5.41, 5.74) is 0.718. The van der Waals surface area contributed by atoms with E-state index in [4.69, 9.17) is 9.47 Å². The van der Waals surface area contributed by atoms with Gasteiger partial charge in [-0.05, 0) is 36.8 Å². The number of carbonyl (C=O) groups is 1. The van der Waals surface area contributed by atoms with Gasteiger partial charge in [-0.25, -0.2) is 4.98 Å². The van der Waals surface area contributed by atoms with Gasteiger partial charge >= 0.3 is 0 Å². The number of amides is 1. The number of anilines is 1. The van der Waals surface area contributed by atoms with Gasteiger partial charge in [0.15, 0.2) is 5.82 Å². The Morgan fingerprint density at radius 1 is 1.19 bits per heavy atom. The third kappa shape index (κ3) is 3.70. The molecule has 0 aliphatic carbocycles. The molecular formula is C18H17N5O3. The zero-order valence-corrected chi connectivity index (χ0v) is 13.9. The minimum atomic E-state index is -0.0739. The zero-order chi connectivity index (χ0) is 17.8. The van der Waals surface area contributed by atoms with Crippen LogP contribution in [0.4, 0.5) is 5.69 Å². The van der Waals surface area contributed by atoms with Gasteiger partial charge in [0.2, 0.25) is 11.8 Å². The van der Waals surface area contributed by atoms with Crippen molar-refractivity contribution in [3.63, 3.8) is 0 Å². The van der Waals surface area contributed by atoms with Crippen LogP contribution in [0.5, 0.6) is 11.6 Å². The summed E-state index contributed by atoms with van der Waals surface area (Å²) >= 11 is 0. The van der Waals surface area contributed by atoms with Gasteiger partial charge in [0, 0.05) is 30.8 Å². The smallest absolute Gasteiger partial charge is 0.238 e. The first-order valence-electron chi connectivity index (χ1n) is 8.26. The molecule has 8 nitrogen and oxygen atoms in total. The highest BCUT2D eigenvalue weighted by Crippen LogP contribution is 2.22. The molecule has 1 amide bonds. The minimum Gasteiger partial charge on any atom is -0.438 e. The topological polar surface area (TPSA) is 91.2 Å². The molecule has 132 valence electrons. The summed E-state index contributed by atoms with van der Waals surface area (Å²) < 4.78 is 12.7. The monoisotopic (exact) mass is 351 g/mol. The van der Waals surface area contributed by atoms with E-state index in [1.54, 1.807) is 59.7 Å². The highest BCUT2D eigenvalue weighted by Gasteiger charge is 2.23. The second-order valence-electron chi connectivity index (χ2n) is 5.88. The Kier molecular flexibility index (Phi) is 4.57. The van der Waals surface area contributed by atoms with Crippen LogP contribution in [-0.2, 0) is 9.53 Å². The van der Waals surface area contributed by atoms with Crippen molar-refractivity contribution in [1.82, 2.24) is 19.7 Å². The van der Waals surface area contributed by atoms with Gasteiger partial charge in [-0.2, -0.15) is 0 Å². The van der Waals surface area contributed by atoms with Crippen LogP contribution in [0, 0.1) is 5.92 Å². The largest absolute Gasteiger partial charge is 0.438 e. The van der Waals surface area contributed by atoms with Crippen LogP contribution in [-0.4, -0.2) is 38.9 Å². The predicted molar refractivity (Wildman–Crippen MR) is 93.2 cm³/mol. The molecule has 0 radical (unpaired) electrons. The van der Waals surface area contributed by atoms with Crippen LogP contribution in [0.15, 0.2) is 55.1 Å². The van der Waals surface area contributed by atoms with E-state index in [-0.39, 0.29) is 11.8 Å². The van der Waals surface area contributed by atoms with Crippen molar-refractivity contribution in [2.75, 3.05) is 18.5 Å². The van der Waals surface area contributed by atoms with Gasteiger partial charge in [0.1, 0.15) is 12.1 Å². The summed E-state index contributed by atoms with van der Waals surface area (Å²) in [5.74, 6) is 1.56. The summed E-state index contributed by atoms with van der Waals surface area (Å²) in [6.45, 7) is 1.13. The fourth-order valence-corrected chi connectivity index (χ4v) is 2.61. The van der Waals surface area contributed by atoms with E-state index in [2.05, 4.69) is 20.5 Å². The second-order valence-corrected chi connectivity index (χ2v) is 5.88. The molecule has 1 unspecified atom stereocenters. The maximum absolute atomic E-state index is 12.1. The molecule has 3 aromatic rings. The molecule has 1 aromatic carbocycles. The molecule has 0 bridgehead atoms. The lowest BCUT2D eigenvalue weighted by atomic mass is 10.1. The van der Waals surface area contributed by atoms with Crippen LogP contribution < -0.4 is 10.1 Å². The second kappa shape index (κ2) is 7.32. The van der Waals surface area contributed by atoms with Crippen molar-refractivity contribution in [3.05, 3.63) is 55.1 Å². The molecule has 1 aliphatic rings. The summed E-state index contributed by atoms with van der Waals surface area (Å²) in [6.07, 6.45) is 5.87. The first-order chi connectivity index (χ1) is 12.8. The standard InChI is InChI=1S/C18H17N5O3/c24-18(13-7-10-25-11-13)20-14-1-3-15(4-2-14)26-17-6-5-16(21-22-17)23-9-8-19-12-23/h1-6,8-9,12-13H,7,10-11H2,(H,20,24). The maximum Gasteiger partial charge on any atom is 0.238 e. The van der Waals surface area contributed by atoms with E-state index in [0.29, 0.717) is 30.7 Å². The van der Waals surface area contributed by atoms with Crippen LogP contribution in [0.2, 0.25) is 0 Å². The molecular weight excluding hydrogens is 334 g/mol.